The zero-order chi connectivity index (χ0) is 44.4. The quantitative estimate of drug-likeness (QED) is 0.160. The van der Waals surface area contributed by atoms with Crippen molar-refractivity contribution in [2.75, 3.05) is 4.90 Å². The molecule has 0 aliphatic rings. The Morgan fingerprint density at radius 2 is 0.970 bits per heavy atom. The smallest absolute Gasteiger partial charge is 0.143 e. The van der Waals surface area contributed by atoms with Crippen LogP contribution in [0.3, 0.4) is 0 Å². The van der Waals surface area contributed by atoms with Gasteiger partial charge in [-0.3, -0.25) is 0 Å². The molecule has 0 N–H and O–H groups in total. The van der Waals surface area contributed by atoms with E-state index in [0.717, 1.165) is 99.9 Å². The van der Waals surface area contributed by atoms with Crippen molar-refractivity contribution in [1.29, 1.82) is 5.26 Å². The first-order valence-corrected chi connectivity index (χ1v) is 22.6. The highest BCUT2D eigenvalue weighted by Crippen LogP contribution is 2.43. The van der Waals surface area contributed by atoms with Crippen LogP contribution in [0.1, 0.15) is 5.56 Å². The van der Waals surface area contributed by atoms with Crippen molar-refractivity contribution in [3.63, 3.8) is 0 Å². The predicted octanol–water partition coefficient (Wildman–Crippen LogP) is 17.3. The number of nitrogens with zero attached hydrogens (tertiary/aromatic N) is 3. The lowest BCUT2D eigenvalue weighted by molar-refractivity contribution is 0.670. The molecule has 0 aliphatic heterocycles. The van der Waals surface area contributed by atoms with Crippen molar-refractivity contribution in [2.45, 2.75) is 0 Å². The number of anilines is 3. The summed E-state index contributed by atoms with van der Waals surface area (Å²) in [6.07, 6.45) is 0. The molecule has 312 valence electrons. The Morgan fingerprint density at radius 3 is 1.78 bits per heavy atom. The minimum Gasteiger partial charge on any atom is -0.455 e. The molecule has 0 spiro atoms. The largest absolute Gasteiger partial charge is 0.455 e. The van der Waals surface area contributed by atoms with Crippen LogP contribution >= 0.6 is 0 Å². The molecule has 67 heavy (non-hydrogen) atoms. The van der Waals surface area contributed by atoms with Crippen LogP contribution in [-0.4, -0.2) is 4.57 Å². The zero-order valence-electron chi connectivity index (χ0n) is 36.3. The van der Waals surface area contributed by atoms with Crippen molar-refractivity contribution in [3.8, 4) is 45.1 Å². The van der Waals surface area contributed by atoms with E-state index in [1.54, 1.807) is 0 Å². The molecule has 11 aromatic carbocycles. The van der Waals surface area contributed by atoms with Crippen molar-refractivity contribution in [1.82, 2.24) is 4.57 Å². The number of hydrogen-bond acceptors (Lipinski definition) is 3. The van der Waals surface area contributed by atoms with Crippen molar-refractivity contribution in [2.24, 2.45) is 0 Å². The van der Waals surface area contributed by atoms with Crippen molar-refractivity contribution < 1.29 is 4.42 Å². The van der Waals surface area contributed by atoms with E-state index in [4.69, 9.17) is 4.42 Å². The number of benzene rings is 11. The van der Waals surface area contributed by atoms with Gasteiger partial charge in [-0.2, -0.15) is 5.26 Å². The first kappa shape index (κ1) is 38.3. The molecule has 4 heteroatoms. The minimum absolute atomic E-state index is 0.637. The van der Waals surface area contributed by atoms with Gasteiger partial charge in [0.05, 0.1) is 22.7 Å². The SMILES string of the molecule is N#Cc1ccc(-n2c3ccccc3c3ccc(-c4cc(-c5ccc6cc(N(c7ccccc7)c7ccc8ccccc8c7)ccc6c5)cc(-c5cccc6c5oc5ccccc56)c4)cc32)cc1. The summed E-state index contributed by atoms with van der Waals surface area (Å²) in [7, 11) is 0. The number of hydrogen-bond donors (Lipinski definition) is 0. The summed E-state index contributed by atoms with van der Waals surface area (Å²) in [6.45, 7) is 0. The molecular formula is C63H39N3O. The Hall–Kier alpha value is -9.17. The Balaban J connectivity index is 0.975. The molecule has 0 atom stereocenters. The zero-order valence-corrected chi connectivity index (χ0v) is 36.3. The maximum atomic E-state index is 9.59. The van der Waals surface area contributed by atoms with E-state index in [2.05, 4.69) is 216 Å². The number of rotatable bonds is 7. The molecule has 0 radical (unpaired) electrons. The van der Waals surface area contributed by atoms with E-state index in [0.29, 0.717) is 5.56 Å². The number of nitriles is 1. The van der Waals surface area contributed by atoms with E-state index in [1.807, 2.05) is 36.4 Å². The molecule has 13 aromatic rings. The Morgan fingerprint density at radius 1 is 0.373 bits per heavy atom. The maximum Gasteiger partial charge on any atom is 0.143 e. The summed E-state index contributed by atoms with van der Waals surface area (Å²) in [4.78, 5) is 2.34. The van der Waals surface area contributed by atoms with E-state index in [-0.39, 0.29) is 0 Å². The number of para-hydroxylation sites is 4. The van der Waals surface area contributed by atoms with Crippen LogP contribution in [0, 0.1) is 11.3 Å². The van der Waals surface area contributed by atoms with Gasteiger partial charge < -0.3 is 13.9 Å². The first-order chi connectivity index (χ1) is 33.1. The van der Waals surface area contributed by atoms with E-state index in [1.165, 1.54) is 21.5 Å². The predicted molar refractivity (Wildman–Crippen MR) is 279 cm³/mol. The molecule has 0 bridgehead atoms. The van der Waals surface area contributed by atoms with Crippen molar-refractivity contribution in [3.05, 3.63) is 242 Å². The lowest BCUT2D eigenvalue weighted by Crippen LogP contribution is -2.09. The summed E-state index contributed by atoms with van der Waals surface area (Å²) in [5, 5.41) is 18.9. The fourth-order valence-corrected chi connectivity index (χ4v) is 10.1. The lowest BCUT2D eigenvalue weighted by Gasteiger charge is -2.26. The van der Waals surface area contributed by atoms with Gasteiger partial charge in [0.2, 0.25) is 0 Å². The second kappa shape index (κ2) is 15.5. The van der Waals surface area contributed by atoms with Gasteiger partial charge in [0.1, 0.15) is 11.2 Å². The first-order valence-electron chi connectivity index (χ1n) is 22.6. The minimum atomic E-state index is 0.637. The molecule has 0 unspecified atom stereocenters. The average Bonchev–Trinajstić information content (AvgIpc) is 3.94. The molecule has 13 rings (SSSR count). The molecule has 0 aliphatic carbocycles. The standard InChI is InChI=1S/C63H39N3O/c64-40-41-21-28-52(29-22-41)66-60-19-8-6-15-56(60)57-32-27-47(39-61(57)66)49-34-48(35-50(36-49)55-17-10-18-59-58-16-7-9-20-62(58)67-63(55)59)45-23-24-46-38-54(31-26-44(46)33-45)65(51-13-2-1-3-14-51)53-30-25-42-11-4-5-12-43(42)37-53/h1-39H. The molecular weight excluding hydrogens is 815 g/mol. The van der Waals surface area contributed by atoms with Gasteiger partial charge in [0, 0.05) is 49.9 Å². The Bertz CT molecular complexity index is 4120. The van der Waals surface area contributed by atoms with Crippen LogP contribution in [0.5, 0.6) is 0 Å². The molecule has 0 saturated heterocycles. The highest BCUT2D eigenvalue weighted by molar-refractivity contribution is 6.12. The normalized spacial score (nSPS) is 11.6. The van der Waals surface area contributed by atoms with Crippen LogP contribution in [-0.2, 0) is 0 Å². The summed E-state index contributed by atoms with van der Waals surface area (Å²) in [6, 6.07) is 86.6. The third-order valence-corrected chi connectivity index (χ3v) is 13.3. The molecule has 0 amide bonds. The van der Waals surface area contributed by atoms with Gasteiger partial charge in [-0.25, -0.2) is 0 Å². The monoisotopic (exact) mass is 853 g/mol. The molecule has 0 fully saturated rings. The molecule has 0 saturated carbocycles. The average molecular weight is 854 g/mol. The van der Waals surface area contributed by atoms with Crippen LogP contribution in [0.2, 0.25) is 0 Å². The Labute approximate surface area is 387 Å². The maximum absolute atomic E-state index is 9.59. The highest BCUT2D eigenvalue weighted by atomic mass is 16.3. The summed E-state index contributed by atoms with van der Waals surface area (Å²) >= 11 is 0. The fraction of sp³-hybridized carbons (Fsp3) is 0. The van der Waals surface area contributed by atoms with Gasteiger partial charge in [-0.15, -0.1) is 0 Å². The molecule has 4 nitrogen and oxygen atoms in total. The van der Waals surface area contributed by atoms with Crippen LogP contribution in [0.15, 0.2) is 241 Å². The van der Waals surface area contributed by atoms with Crippen LogP contribution in [0.25, 0.3) is 104 Å². The number of fused-ring (bicyclic) bond motifs is 8. The second-order valence-electron chi connectivity index (χ2n) is 17.3. The Kier molecular flexibility index (Phi) is 8.87. The van der Waals surface area contributed by atoms with Gasteiger partial charge in [-0.05, 0) is 152 Å². The fourth-order valence-electron chi connectivity index (χ4n) is 10.1. The second-order valence-corrected chi connectivity index (χ2v) is 17.3. The topological polar surface area (TPSA) is 45.1 Å². The highest BCUT2D eigenvalue weighted by Gasteiger charge is 2.18. The number of furan rings is 1. The molecule has 2 heterocycles. The van der Waals surface area contributed by atoms with E-state index >= 15 is 0 Å². The van der Waals surface area contributed by atoms with Gasteiger partial charge in [0.25, 0.3) is 0 Å². The molecule has 2 aromatic heterocycles. The van der Waals surface area contributed by atoms with Gasteiger partial charge in [0.15, 0.2) is 0 Å². The number of aromatic nitrogens is 1. The van der Waals surface area contributed by atoms with E-state index < -0.39 is 0 Å². The van der Waals surface area contributed by atoms with Crippen LogP contribution in [0.4, 0.5) is 17.1 Å². The van der Waals surface area contributed by atoms with Crippen molar-refractivity contribution >= 4 is 82.4 Å². The summed E-state index contributed by atoms with van der Waals surface area (Å²) in [5.41, 5.74) is 15.5. The third kappa shape index (κ3) is 6.52. The van der Waals surface area contributed by atoms with Gasteiger partial charge in [-0.1, -0.05) is 133 Å². The van der Waals surface area contributed by atoms with Crippen LogP contribution < -0.4 is 4.90 Å². The summed E-state index contributed by atoms with van der Waals surface area (Å²) in [5.74, 6) is 0. The third-order valence-electron chi connectivity index (χ3n) is 13.3. The summed E-state index contributed by atoms with van der Waals surface area (Å²) < 4.78 is 8.96. The van der Waals surface area contributed by atoms with E-state index in [9.17, 15) is 5.26 Å². The van der Waals surface area contributed by atoms with Gasteiger partial charge >= 0.3 is 0 Å². The lowest BCUT2D eigenvalue weighted by atomic mass is 9.91.